The average Bonchev–Trinajstić information content (AvgIpc) is 2.69. The molecular weight excluding hydrogens is 328 g/mol. The number of anilines is 2. The summed E-state index contributed by atoms with van der Waals surface area (Å²) < 4.78 is 0. The number of nitrogens with zero attached hydrogens (tertiary/aromatic N) is 4. The normalized spacial score (nSPS) is 19.6. The molecule has 2 aliphatic rings. The molecule has 4 rings (SSSR count). The van der Waals surface area contributed by atoms with Crippen LogP contribution in [0.2, 0.25) is 0 Å². The first kappa shape index (κ1) is 17.0. The van der Waals surface area contributed by atoms with Gasteiger partial charge in [-0.2, -0.15) is 0 Å². The Morgan fingerprint density at radius 2 is 1.85 bits per heavy atom. The molecule has 0 aromatic carbocycles. The van der Waals surface area contributed by atoms with E-state index in [0.717, 1.165) is 50.0 Å². The predicted octanol–water partition coefficient (Wildman–Crippen LogP) is 2.59. The van der Waals surface area contributed by atoms with E-state index in [2.05, 4.69) is 25.2 Å². The highest BCUT2D eigenvalue weighted by Crippen LogP contribution is 2.27. The number of rotatable bonds is 3. The third kappa shape index (κ3) is 3.57. The van der Waals surface area contributed by atoms with Gasteiger partial charge in [-0.1, -0.05) is 19.3 Å². The smallest absolute Gasteiger partial charge is 0.225 e. The second-order valence-corrected chi connectivity index (χ2v) is 7.41. The van der Waals surface area contributed by atoms with Crippen molar-refractivity contribution in [1.82, 2.24) is 19.9 Å². The Hall–Kier alpha value is -2.44. The van der Waals surface area contributed by atoms with Gasteiger partial charge in [0.1, 0.15) is 18.0 Å². The third-order valence-corrected chi connectivity index (χ3v) is 5.62. The highest BCUT2D eigenvalue weighted by atomic mass is 16.2. The molecule has 0 spiro atoms. The van der Waals surface area contributed by atoms with Crippen LogP contribution in [0.3, 0.4) is 0 Å². The first-order valence-electron chi connectivity index (χ1n) is 9.63. The molecule has 26 heavy (non-hydrogen) atoms. The molecule has 2 aromatic heterocycles. The van der Waals surface area contributed by atoms with Crippen molar-refractivity contribution in [3.8, 4) is 0 Å². The van der Waals surface area contributed by atoms with Gasteiger partial charge < -0.3 is 16.0 Å². The molecule has 1 aliphatic carbocycles. The molecule has 2 aromatic rings. The number of piperidine rings is 1. The number of fused-ring (bicyclic) bond motifs is 1. The number of nitrogens with one attached hydrogen (secondary N) is 1. The summed E-state index contributed by atoms with van der Waals surface area (Å²) in [5.74, 6) is 1.88. The van der Waals surface area contributed by atoms with E-state index < -0.39 is 0 Å². The van der Waals surface area contributed by atoms with Crippen LogP contribution in [0.15, 0.2) is 18.5 Å². The minimum Gasteiger partial charge on any atom is -0.384 e. The zero-order valence-electron chi connectivity index (χ0n) is 15.0. The number of carbonyl (C=O) groups is 1. The first-order valence-corrected chi connectivity index (χ1v) is 9.63. The molecule has 7 nitrogen and oxygen atoms in total. The van der Waals surface area contributed by atoms with Crippen LogP contribution in [-0.4, -0.2) is 44.9 Å². The van der Waals surface area contributed by atoms with Crippen molar-refractivity contribution in [3.05, 3.63) is 18.5 Å². The second-order valence-electron chi connectivity index (χ2n) is 7.41. The van der Waals surface area contributed by atoms with E-state index in [1.807, 2.05) is 6.07 Å². The third-order valence-electron chi connectivity index (χ3n) is 5.62. The molecule has 2 fully saturated rings. The van der Waals surface area contributed by atoms with Crippen LogP contribution in [0, 0.1) is 5.92 Å². The van der Waals surface area contributed by atoms with Crippen molar-refractivity contribution in [3.63, 3.8) is 0 Å². The van der Waals surface area contributed by atoms with Gasteiger partial charge in [0.05, 0.1) is 5.39 Å². The molecule has 0 radical (unpaired) electrons. The summed E-state index contributed by atoms with van der Waals surface area (Å²) in [7, 11) is 0. The molecule has 0 atom stereocenters. The van der Waals surface area contributed by atoms with Crippen molar-refractivity contribution in [1.29, 1.82) is 0 Å². The van der Waals surface area contributed by atoms with Crippen molar-refractivity contribution in [2.45, 2.75) is 51.0 Å². The lowest BCUT2D eigenvalue weighted by Crippen LogP contribution is -2.45. The number of carbonyl (C=O) groups excluding carboxylic acids is 1. The van der Waals surface area contributed by atoms with E-state index in [9.17, 15) is 4.79 Å². The van der Waals surface area contributed by atoms with Gasteiger partial charge in [-0.05, 0) is 37.8 Å². The zero-order valence-corrected chi connectivity index (χ0v) is 15.0. The van der Waals surface area contributed by atoms with Crippen LogP contribution in [0.4, 0.5) is 11.6 Å². The highest BCUT2D eigenvalue weighted by Gasteiger charge is 2.29. The summed E-state index contributed by atoms with van der Waals surface area (Å²) >= 11 is 0. The van der Waals surface area contributed by atoms with Gasteiger partial charge in [-0.3, -0.25) is 4.79 Å². The molecule has 138 valence electrons. The summed E-state index contributed by atoms with van der Waals surface area (Å²) in [5, 5.41) is 4.39. The van der Waals surface area contributed by atoms with Crippen LogP contribution < -0.4 is 11.1 Å². The van der Waals surface area contributed by atoms with Crippen molar-refractivity contribution >= 4 is 28.6 Å². The Bertz CT molecular complexity index is 781. The van der Waals surface area contributed by atoms with Gasteiger partial charge >= 0.3 is 0 Å². The SMILES string of the molecule is Nc1ccc2c(NC3CCN(C(=O)C4CCCCC4)CC3)ncnc2n1. The van der Waals surface area contributed by atoms with Gasteiger partial charge in [0.25, 0.3) is 0 Å². The number of nitrogens with two attached hydrogens (primary N) is 1. The maximum absolute atomic E-state index is 12.7. The molecule has 1 amide bonds. The molecule has 1 saturated heterocycles. The van der Waals surface area contributed by atoms with Crippen molar-refractivity contribution in [2.24, 2.45) is 5.92 Å². The summed E-state index contributed by atoms with van der Waals surface area (Å²) in [5.41, 5.74) is 6.34. The fourth-order valence-electron chi connectivity index (χ4n) is 4.12. The van der Waals surface area contributed by atoms with Crippen LogP contribution in [0.5, 0.6) is 0 Å². The largest absolute Gasteiger partial charge is 0.384 e. The second kappa shape index (κ2) is 7.43. The highest BCUT2D eigenvalue weighted by molar-refractivity contribution is 5.87. The number of amides is 1. The van der Waals surface area contributed by atoms with Gasteiger partial charge in [0.15, 0.2) is 5.65 Å². The summed E-state index contributed by atoms with van der Waals surface area (Å²) in [4.78, 5) is 27.6. The van der Waals surface area contributed by atoms with E-state index in [1.54, 1.807) is 6.07 Å². The van der Waals surface area contributed by atoms with Crippen LogP contribution in [0.1, 0.15) is 44.9 Å². The fourth-order valence-corrected chi connectivity index (χ4v) is 4.12. The Morgan fingerprint density at radius 3 is 2.62 bits per heavy atom. The standard InChI is InChI=1S/C19H26N6O/c20-16-7-6-15-17(21-12-22-18(15)24-16)23-14-8-10-25(11-9-14)19(26)13-4-2-1-3-5-13/h6-7,12-14H,1-5,8-11H2,(H3,20,21,22,23,24). The first-order chi connectivity index (χ1) is 12.7. The number of hydrogen-bond donors (Lipinski definition) is 2. The van der Waals surface area contributed by atoms with Crippen molar-refractivity contribution < 1.29 is 4.79 Å². The van der Waals surface area contributed by atoms with Gasteiger partial charge in [0.2, 0.25) is 5.91 Å². The summed E-state index contributed by atoms with van der Waals surface area (Å²) in [6.45, 7) is 1.64. The minimum absolute atomic E-state index is 0.260. The molecule has 0 unspecified atom stereocenters. The van der Waals surface area contributed by atoms with Crippen molar-refractivity contribution in [2.75, 3.05) is 24.1 Å². The van der Waals surface area contributed by atoms with E-state index in [4.69, 9.17) is 5.73 Å². The van der Waals surface area contributed by atoms with Gasteiger partial charge in [-0.25, -0.2) is 15.0 Å². The average molecular weight is 354 g/mol. The summed E-state index contributed by atoms with van der Waals surface area (Å²) in [6, 6.07) is 3.98. The quantitative estimate of drug-likeness (QED) is 0.879. The molecule has 7 heteroatoms. The van der Waals surface area contributed by atoms with Gasteiger partial charge in [0, 0.05) is 25.0 Å². The number of hydrogen-bond acceptors (Lipinski definition) is 6. The number of likely N-dealkylation sites (tertiary alicyclic amines) is 1. The number of aromatic nitrogens is 3. The lowest BCUT2D eigenvalue weighted by Gasteiger charge is -2.35. The van der Waals surface area contributed by atoms with Crippen LogP contribution in [0.25, 0.3) is 11.0 Å². The molecule has 3 N–H and O–H groups in total. The van der Waals surface area contributed by atoms with Crippen LogP contribution >= 0.6 is 0 Å². The summed E-state index contributed by atoms with van der Waals surface area (Å²) in [6.07, 6.45) is 9.21. The van der Waals surface area contributed by atoms with Gasteiger partial charge in [-0.15, -0.1) is 0 Å². The maximum atomic E-state index is 12.7. The Labute approximate surface area is 153 Å². The van der Waals surface area contributed by atoms with E-state index in [0.29, 0.717) is 23.4 Å². The van der Waals surface area contributed by atoms with E-state index >= 15 is 0 Å². The predicted molar refractivity (Wildman–Crippen MR) is 102 cm³/mol. The lowest BCUT2D eigenvalue weighted by atomic mass is 9.87. The Kier molecular flexibility index (Phi) is 4.86. The number of pyridine rings is 1. The monoisotopic (exact) mass is 354 g/mol. The molecule has 1 saturated carbocycles. The van der Waals surface area contributed by atoms with Crippen LogP contribution in [-0.2, 0) is 4.79 Å². The molecule has 3 heterocycles. The number of nitrogen functional groups attached to an aromatic ring is 1. The topological polar surface area (TPSA) is 97.0 Å². The lowest BCUT2D eigenvalue weighted by molar-refractivity contribution is -0.137. The maximum Gasteiger partial charge on any atom is 0.225 e. The molecular formula is C19H26N6O. The zero-order chi connectivity index (χ0) is 17.9. The fraction of sp³-hybridized carbons (Fsp3) is 0.579. The van der Waals surface area contributed by atoms with E-state index in [-0.39, 0.29) is 5.92 Å². The Balaban J connectivity index is 1.37. The molecule has 1 aliphatic heterocycles. The molecule has 0 bridgehead atoms. The Morgan fingerprint density at radius 1 is 1.08 bits per heavy atom. The minimum atomic E-state index is 0.260. The van der Waals surface area contributed by atoms with E-state index in [1.165, 1.54) is 25.6 Å².